The van der Waals surface area contributed by atoms with Gasteiger partial charge >= 0.3 is 0 Å². The predicted octanol–water partition coefficient (Wildman–Crippen LogP) is 3.88. The minimum atomic E-state index is -1.58. The van der Waals surface area contributed by atoms with Crippen molar-refractivity contribution in [2.75, 3.05) is 13.8 Å². The maximum Gasteiger partial charge on any atom is 0.136 e. The van der Waals surface area contributed by atoms with Gasteiger partial charge in [-0.2, -0.15) is 4.94 Å². The van der Waals surface area contributed by atoms with E-state index in [1.165, 1.54) is 6.92 Å². The fraction of sp³-hybridized carbons (Fsp3) is 1.00. The molecule has 80 valence electrons. The van der Waals surface area contributed by atoms with E-state index >= 15 is 0 Å². The molecule has 0 radical (unpaired) electrons. The Morgan fingerprint density at radius 3 is 1.58 bits per heavy atom. The SMILES string of the molecule is C.C.CCC(C)(F)CF.COF. The maximum atomic E-state index is 12.2. The molecule has 4 heteroatoms. The van der Waals surface area contributed by atoms with Gasteiger partial charge in [-0.15, -0.1) is 0 Å². The van der Waals surface area contributed by atoms with Gasteiger partial charge in [0.05, 0.1) is 7.11 Å². The largest absolute Gasteiger partial charge is 0.248 e. The molecule has 0 fully saturated rings. The fourth-order valence-corrected chi connectivity index (χ4v) is 0.0945. The first-order chi connectivity index (χ1) is 4.54. The van der Waals surface area contributed by atoms with Crippen LogP contribution in [-0.2, 0) is 4.94 Å². The molecule has 0 N–H and O–H groups in total. The third-order valence-corrected chi connectivity index (χ3v) is 1.02. The minimum absolute atomic E-state index is 0. The highest BCUT2D eigenvalue weighted by atomic mass is 19.3. The molecule has 0 aliphatic rings. The van der Waals surface area contributed by atoms with E-state index < -0.39 is 12.3 Å². The van der Waals surface area contributed by atoms with Crippen molar-refractivity contribution in [3.05, 3.63) is 0 Å². The molecule has 0 saturated heterocycles. The second-order valence-electron chi connectivity index (χ2n) is 2.05. The zero-order chi connectivity index (χ0) is 8.62. The number of alkyl halides is 2. The molecular formula is C8H21F3O. The summed E-state index contributed by atoms with van der Waals surface area (Å²) >= 11 is 0. The third-order valence-electron chi connectivity index (χ3n) is 1.02. The summed E-state index contributed by atoms with van der Waals surface area (Å²) in [5, 5.41) is 0. The topological polar surface area (TPSA) is 9.23 Å². The summed E-state index contributed by atoms with van der Waals surface area (Å²) in [4.78, 5) is 2.75. The van der Waals surface area contributed by atoms with E-state index in [2.05, 4.69) is 4.94 Å². The molecule has 0 saturated carbocycles. The van der Waals surface area contributed by atoms with E-state index in [4.69, 9.17) is 0 Å². The summed E-state index contributed by atoms with van der Waals surface area (Å²) in [5.41, 5.74) is -1.58. The van der Waals surface area contributed by atoms with E-state index in [0.29, 0.717) is 0 Å². The van der Waals surface area contributed by atoms with Crippen molar-refractivity contribution in [2.45, 2.75) is 40.8 Å². The number of halogens is 3. The Kier molecular flexibility index (Phi) is 25.1. The van der Waals surface area contributed by atoms with Gasteiger partial charge in [0.1, 0.15) is 12.3 Å². The third kappa shape index (κ3) is 22.6. The van der Waals surface area contributed by atoms with Crippen molar-refractivity contribution in [1.82, 2.24) is 0 Å². The molecule has 12 heavy (non-hydrogen) atoms. The lowest BCUT2D eigenvalue weighted by molar-refractivity contribution is -0.0960. The van der Waals surface area contributed by atoms with Gasteiger partial charge < -0.3 is 0 Å². The zero-order valence-corrected chi connectivity index (χ0v) is 6.46. The van der Waals surface area contributed by atoms with Crippen molar-refractivity contribution in [1.29, 1.82) is 0 Å². The molecule has 0 rings (SSSR count). The summed E-state index contributed by atoms with van der Waals surface area (Å²) < 4.78 is 33.4. The molecule has 1 atom stereocenters. The molecule has 0 aromatic heterocycles. The van der Waals surface area contributed by atoms with E-state index in [-0.39, 0.29) is 21.3 Å². The highest BCUT2D eigenvalue weighted by molar-refractivity contribution is 4.67. The van der Waals surface area contributed by atoms with Gasteiger partial charge in [-0.1, -0.05) is 21.8 Å². The molecule has 0 aromatic rings. The van der Waals surface area contributed by atoms with Crippen molar-refractivity contribution in [3.63, 3.8) is 0 Å². The first-order valence-corrected chi connectivity index (χ1v) is 2.93. The van der Waals surface area contributed by atoms with Crippen molar-refractivity contribution < 1.29 is 18.2 Å². The standard InChI is InChI=1S/C5H10F2.CH3FO.2CH4/c1-3-5(2,7)4-6;1-3-2;;/h3-4H2,1-2H3;1H3;2*1H4. The Balaban J connectivity index is -0.0000000569. The maximum absolute atomic E-state index is 12.2. The van der Waals surface area contributed by atoms with Crippen LogP contribution in [0.4, 0.5) is 13.3 Å². The predicted molar refractivity (Wildman–Crippen MR) is 47.4 cm³/mol. The van der Waals surface area contributed by atoms with Crippen LogP contribution < -0.4 is 0 Å². The van der Waals surface area contributed by atoms with E-state index in [9.17, 15) is 13.3 Å². The lowest BCUT2D eigenvalue weighted by atomic mass is 10.1. The summed E-state index contributed by atoms with van der Waals surface area (Å²) in [6, 6.07) is 0. The van der Waals surface area contributed by atoms with E-state index in [0.717, 1.165) is 7.11 Å². The first kappa shape index (κ1) is 22.6. The highest BCUT2D eigenvalue weighted by Gasteiger charge is 2.18. The Morgan fingerprint density at radius 2 is 1.58 bits per heavy atom. The summed E-state index contributed by atoms with van der Waals surface area (Å²) in [5.74, 6) is 0. The molecule has 0 aliphatic carbocycles. The summed E-state index contributed by atoms with van der Waals surface area (Å²) in [6.45, 7) is 2.01. The molecule has 0 aromatic carbocycles. The van der Waals surface area contributed by atoms with E-state index in [1.54, 1.807) is 6.92 Å². The van der Waals surface area contributed by atoms with Crippen LogP contribution >= 0.6 is 0 Å². The van der Waals surface area contributed by atoms with E-state index in [1.807, 2.05) is 0 Å². The molecule has 0 amide bonds. The van der Waals surface area contributed by atoms with Gasteiger partial charge in [0, 0.05) is 0 Å². The Labute approximate surface area is 73.8 Å². The van der Waals surface area contributed by atoms with Crippen LogP contribution in [0.15, 0.2) is 0 Å². The van der Waals surface area contributed by atoms with Crippen LogP contribution in [0.2, 0.25) is 0 Å². The van der Waals surface area contributed by atoms with Crippen molar-refractivity contribution >= 4 is 0 Å². The molecule has 1 nitrogen and oxygen atoms in total. The Hall–Kier alpha value is -0.250. The van der Waals surface area contributed by atoms with Gasteiger partial charge in [0.2, 0.25) is 0 Å². The highest BCUT2D eigenvalue weighted by Crippen LogP contribution is 2.13. The normalized spacial score (nSPS) is 12.5. The van der Waals surface area contributed by atoms with Crippen LogP contribution in [0, 0.1) is 0 Å². The van der Waals surface area contributed by atoms with Gasteiger partial charge in [-0.25, -0.2) is 8.78 Å². The molecule has 0 aliphatic heterocycles. The lowest BCUT2D eigenvalue weighted by Gasteiger charge is -2.10. The smallest absolute Gasteiger partial charge is 0.136 e. The van der Waals surface area contributed by atoms with Gasteiger partial charge in [-0.05, 0) is 17.9 Å². The second-order valence-corrected chi connectivity index (χ2v) is 2.05. The van der Waals surface area contributed by atoms with Gasteiger partial charge in [-0.3, -0.25) is 0 Å². The van der Waals surface area contributed by atoms with Crippen LogP contribution in [0.25, 0.3) is 0 Å². The molecule has 0 bridgehead atoms. The molecule has 0 spiro atoms. The summed E-state index contributed by atoms with van der Waals surface area (Å²) in [6.07, 6.45) is 0.253. The second kappa shape index (κ2) is 13.3. The van der Waals surface area contributed by atoms with Crippen LogP contribution in [0.5, 0.6) is 0 Å². The Morgan fingerprint density at radius 1 is 1.33 bits per heavy atom. The summed E-state index contributed by atoms with van der Waals surface area (Å²) in [7, 11) is 0.958. The number of hydrogen-bond donors (Lipinski definition) is 0. The number of rotatable bonds is 2. The van der Waals surface area contributed by atoms with Gasteiger partial charge in [0.25, 0.3) is 0 Å². The average Bonchev–Trinajstić information content (AvgIpc) is 1.90. The van der Waals surface area contributed by atoms with Crippen molar-refractivity contribution in [2.24, 2.45) is 0 Å². The minimum Gasteiger partial charge on any atom is -0.248 e. The first-order valence-electron chi connectivity index (χ1n) is 2.93. The molecule has 1 unspecified atom stereocenters. The Bertz CT molecular complexity index is 61.3. The molecule has 0 heterocycles. The van der Waals surface area contributed by atoms with Crippen LogP contribution in [-0.4, -0.2) is 19.5 Å². The quantitative estimate of drug-likeness (QED) is 0.642. The van der Waals surface area contributed by atoms with Crippen LogP contribution in [0.1, 0.15) is 35.1 Å². The lowest BCUT2D eigenvalue weighted by Crippen LogP contribution is -2.18. The van der Waals surface area contributed by atoms with Crippen LogP contribution in [0.3, 0.4) is 0 Å². The zero-order valence-electron chi connectivity index (χ0n) is 6.46. The van der Waals surface area contributed by atoms with Gasteiger partial charge in [0.15, 0.2) is 0 Å². The average molecular weight is 190 g/mol. The molecular weight excluding hydrogens is 169 g/mol. The van der Waals surface area contributed by atoms with Crippen molar-refractivity contribution in [3.8, 4) is 0 Å². The fourth-order valence-electron chi connectivity index (χ4n) is 0.0945. The monoisotopic (exact) mass is 190 g/mol. The number of hydrogen-bond acceptors (Lipinski definition) is 1.